The second-order valence-corrected chi connectivity index (χ2v) is 4.90. The summed E-state index contributed by atoms with van der Waals surface area (Å²) in [6.45, 7) is 0. The van der Waals surface area contributed by atoms with Gasteiger partial charge in [-0.05, 0) is 17.7 Å². The highest BCUT2D eigenvalue weighted by Crippen LogP contribution is 2.12. The van der Waals surface area contributed by atoms with Gasteiger partial charge in [0.25, 0.3) is 11.6 Å². The van der Waals surface area contributed by atoms with E-state index in [1.165, 1.54) is 25.3 Å². The normalized spacial score (nSPS) is 9.71. The fourth-order valence-electron chi connectivity index (χ4n) is 2.19. The molecule has 0 heterocycles. The first-order valence-corrected chi connectivity index (χ1v) is 7.09. The zero-order chi connectivity index (χ0) is 17.5. The smallest absolute Gasteiger partial charge is 0.405 e. The van der Waals surface area contributed by atoms with Crippen molar-refractivity contribution < 1.29 is 23.9 Å². The van der Waals surface area contributed by atoms with Crippen molar-refractivity contribution in [1.82, 2.24) is 0 Å². The molecule has 24 heavy (non-hydrogen) atoms. The van der Waals surface area contributed by atoms with Gasteiger partial charge in [-0.15, -0.1) is 0 Å². The van der Waals surface area contributed by atoms with Crippen LogP contribution in [0.1, 0.15) is 26.3 Å². The van der Waals surface area contributed by atoms with E-state index in [9.17, 15) is 14.4 Å². The van der Waals surface area contributed by atoms with Crippen LogP contribution in [-0.2, 0) is 16.0 Å². The molecule has 0 aliphatic rings. The summed E-state index contributed by atoms with van der Waals surface area (Å²) in [6, 6.07) is 14.6. The van der Waals surface area contributed by atoms with Gasteiger partial charge < -0.3 is 10.3 Å². The predicted octanol–water partition coefficient (Wildman–Crippen LogP) is 2.14. The summed E-state index contributed by atoms with van der Waals surface area (Å²) in [5, 5.41) is 0. The molecule has 6 heteroatoms. The molecule has 0 aliphatic heterocycles. The molecule has 0 saturated heterocycles. The zero-order valence-electron chi connectivity index (χ0n) is 12.9. The second kappa shape index (κ2) is 7.76. The summed E-state index contributed by atoms with van der Waals surface area (Å²) in [4.78, 5) is 39.4. The van der Waals surface area contributed by atoms with Crippen LogP contribution in [0.5, 0.6) is 0 Å². The van der Waals surface area contributed by atoms with Gasteiger partial charge in [-0.25, -0.2) is 4.79 Å². The Morgan fingerprint density at radius 2 is 1.54 bits per heavy atom. The van der Waals surface area contributed by atoms with Crippen LogP contribution in [-0.4, -0.2) is 35.1 Å². The standard InChI is InChI=1S/C18H14N2O4/c1-24-18(23)14-10-6-5-9-13(14)17(22)16(20-19)15(21)11-12-7-3-2-4-8-12/h2-10H,11H2,1H3. The summed E-state index contributed by atoms with van der Waals surface area (Å²) in [7, 11) is 1.19. The molecule has 0 fully saturated rings. The number of Topliss-reactive ketones (excluding diaryl/α,β-unsaturated/α-hetero) is 2. The molecular weight excluding hydrogens is 308 g/mol. The van der Waals surface area contributed by atoms with Crippen LogP contribution in [0.15, 0.2) is 54.6 Å². The number of rotatable bonds is 6. The minimum absolute atomic E-state index is 0.00124. The van der Waals surface area contributed by atoms with Gasteiger partial charge in [0.1, 0.15) is 0 Å². The Bertz CT molecular complexity index is 837. The van der Waals surface area contributed by atoms with Crippen molar-refractivity contribution in [1.29, 1.82) is 0 Å². The first-order valence-electron chi connectivity index (χ1n) is 7.09. The minimum Gasteiger partial charge on any atom is -0.465 e. The van der Waals surface area contributed by atoms with Gasteiger partial charge in [-0.2, -0.15) is 4.79 Å². The molecule has 2 rings (SSSR count). The van der Waals surface area contributed by atoms with E-state index in [2.05, 4.69) is 9.53 Å². The van der Waals surface area contributed by atoms with Gasteiger partial charge in [0, 0.05) is 12.0 Å². The third-order valence-corrected chi connectivity index (χ3v) is 3.36. The quantitative estimate of drug-likeness (QED) is 0.203. The van der Waals surface area contributed by atoms with Gasteiger partial charge in [0.15, 0.2) is 0 Å². The molecule has 0 radical (unpaired) electrons. The highest BCUT2D eigenvalue weighted by molar-refractivity contribution is 6.67. The fourth-order valence-corrected chi connectivity index (χ4v) is 2.19. The Morgan fingerprint density at radius 3 is 2.12 bits per heavy atom. The Kier molecular flexibility index (Phi) is 5.49. The van der Waals surface area contributed by atoms with Gasteiger partial charge in [-0.1, -0.05) is 42.5 Å². The number of ketones is 2. The molecule has 2 aromatic rings. The molecule has 0 amide bonds. The third kappa shape index (κ3) is 3.69. The Labute approximate surface area is 138 Å². The number of nitrogens with zero attached hydrogens (tertiary/aromatic N) is 2. The van der Waals surface area contributed by atoms with E-state index < -0.39 is 23.2 Å². The number of esters is 1. The molecule has 0 unspecified atom stereocenters. The first-order chi connectivity index (χ1) is 11.6. The van der Waals surface area contributed by atoms with Crippen LogP contribution < -0.4 is 0 Å². The van der Waals surface area contributed by atoms with Crippen molar-refractivity contribution in [2.24, 2.45) is 0 Å². The average Bonchev–Trinajstić information content (AvgIpc) is 2.62. The Balaban J connectivity index is 2.32. The Hall–Kier alpha value is -3.37. The van der Waals surface area contributed by atoms with E-state index in [4.69, 9.17) is 5.53 Å². The lowest BCUT2D eigenvalue weighted by atomic mass is 9.96. The van der Waals surface area contributed by atoms with Gasteiger partial charge in [-0.3, -0.25) is 9.59 Å². The lowest BCUT2D eigenvalue weighted by Gasteiger charge is -2.04. The predicted molar refractivity (Wildman–Crippen MR) is 85.9 cm³/mol. The SMILES string of the molecule is COC(=O)c1ccccc1C(=O)C(=[N+]=[N-])C(=O)Cc1ccccc1. The van der Waals surface area contributed by atoms with Crippen LogP contribution in [0.4, 0.5) is 0 Å². The highest BCUT2D eigenvalue weighted by atomic mass is 16.5. The molecule has 2 aromatic carbocycles. The van der Waals surface area contributed by atoms with Crippen LogP contribution in [0.2, 0.25) is 0 Å². The van der Waals surface area contributed by atoms with Crippen molar-refractivity contribution in [3.05, 3.63) is 76.8 Å². The van der Waals surface area contributed by atoms with E-state index in [0.717, 1.165) is 0 Å². The number of carbonyl (C=O) groups is 3. The number of hydrogen-bond donors (Lipinski definition) is 0. The van der Waals surface area contributed by atoms with E-state index in [-0.39, 0.29) is 17.5 Å². The van der Waals surface area contributed by atoms with Gasteiger partial charge in [0.05, 0.1) is 12.7 Å². The molecule has 0 aromatic heterocycles. The summed E-state index contributed by atoms with van der Waals surface area (Å²) in [6.07, 6.45) is -0.0909. The third-order valence-electron chi connectivity index (χ3n) is 3.36. The van der Waals surface area contributed by atoms with Crippen LogP contribution in [0, 0.1) is 0 Å². The molecule has 0 aliphatic carbocycles. The lowest BCUT2D eigenvalue weighted by molar-refractivity contribution is -0.116. The molecule has 0 N–H and O–H groups in total. The maximum absolute atomic E-state index is 12.5. The fraction of sp³-hybridized carbons (Fsp3) is 0.111. The zero-order valence-corrected chi connectivity index (χ0v) is 12.9. The molecule has 0 saturated carbocycles. The van der Waals surface area contributed by atoms with E-state index >= 15 is 0 Å². The highest BCUT2D eigenvalue weighted by Gasteiger charge is 2.32. The maximum atomic E-state index is 12.5. The topological polar surface area (TPSA) is 96.8 Å². The summed E-state index contributed by atoms with van der Waals surface area (Å²) >= 11 is 0. The van der Waals surface area contributed by atoms with Gasteiger partial charge >= 0.3 is 11.7 Å². The van der Waals surface area contributed by atoms with Crippen molar-refractivity contribution >= 4 is 23.2 Å². The minimum atomic E-state index is -0.834. The number of benzene rings is 2. The second-order valence-electron chi connectivity index (χ2n) is 4.90. The van der Waals surface area contributed by atoms with Crippen molar-refractivity contribution in [2.45, 2.75) is 6.42 Å². The maximum Gasteiger partial charge on any atom is 0.405 e. The average molecular weight is 322 g/mol. The van der Waals surface area contributed by atoms with Crippen LogP contribution in [0.3, 0.4) is 0 Å². The molecule has 0 spiro atoms. The molecule has 0 atom stereocenters. The van der Waals surface area contributed by atoms with Crippen LogP contribution >= 0.6 is 0 Å². The van der Waals surface area contributed by atoms with Crippen molar-refractivity contribution in [2.75, 3.05) is 7.11 Å². The van der Waals surface area contributed by atoms with Crippen molar-refractivity contribution in [3.63, 3.8) is 0 Å². The first kappa shape index (κ1) is 17.0. The van der Waals surface area contributed by atoms with E-state index in [1.54, 1.807) is 36.4 Å². The number of hydrogen-bond acceptors (Lipinski definition) is 4. The molecule has 0 bridgehead atoms. The molecule has 6 nitrogen and oxygen atoms in total. The van der Waals surface area contributed by atoms with Gasteiger partial charge in [0.2, 0.25) is 0 Å². The molecule has 120 valence electrons. The van der Waals surface area contributed by atoms with E-state index in [1.807, 2.05) is 0 Å². The number of ether oxygens (including phenoxy) is 1. The summed E-state index contributed by atoms with van der Waals surface area (Å²) in [5.74, 6) is -2.19. The number of carbonyl (C=O) groups excluding carboxylic acids is 3. The Morgan fingerprint density at radius 1 is 0.958 bits per heavy atom. The van der Waals surface area contributed by atoms with E-state index in [0.29, 0.717) is 5.56 Å². The van der Waals surface area contributed by atoms with Crippen molar-refractivity contribution in [3.8, 4) is 0 Å². The number of methoxy groups -OCH3 is 1. The summed E-state index contributed by atoms with van der Waals surface area (Å²) in [5.41, 5.74) is 9.11. The van der Waals surface area contributed by atoms with Crippen LogP contribution in [0.25, 0.3) is 5.53 Å². The molecular formula is C18H14N2O4. The largest absolute Gasteiger partial charge is 0.465 e. The summed E-state index contributed by atoms with van der Waals surface area (Å²) < 4.78 is 4.62. The monoisotopic (exact) mass is 322 g/mol. The lowest BCUT2D eigenvalue weighted by Crippen LogP contribution is -2.28.